The van der Waals surface area contributed by atoms with Crippen molar-refractivity contribution < 1.29 is 18.5 Å². The largest absolute Gasteiger partial charge is 0.331 e. The van der Waals surface area contributed by atoms with Crippen LogP contribution in [0.4, 0.5) is 10.1 Å². The number of aryl methyl sites for hydroxylation is 3. The van der Waals surface area contributed by atoms with E-state index in [1.165, 1.54) is 28.9 Å². The summed E-state index contributed by atoms with van der Waals surface area (Å²) in [4.78, 5) is 42.8. The molecule has 1 N–H and O–H groups in total. The minimum absolute atomic E-state index is 0.0312. The zero-order valence-electron chi connectivity index (χ0n) is 20.8. The molecule has 5 rings (SSSR count). The van der Waals surface area contributed by atoms with E-state index in [4.69, 9.17) is 0 Å². The van der Waals surface area contributed by atoms with Gasteiger partial charge >= 0.3 is 5.91 Å². The molecule has 0 unspecified atom stereocenters. The van der Waals surface area contributed by atoms with E-state index in [0.29, 0.717) is 23.5 Å². The summed E-state index contributed by atoms with van der Waals surface area (Å²) < 4.78 is 16.4. The lowest BCUT2D eigenvalue weighted by Crippen LogP contribution is -2.40. The predicted octanol–water partition coefficient (Wildman–Crippen LogP) is 3.97. The lowest BCUT2D eigenvalue weighted by atomic mass is 10.0. The van der Waals surface area contributed by atoms with Gasteiger partial charge in [0.1, 0.15) is 11.4 Å². The van der Waals surface area contributed by atoms with Crippen LogP contribution in [0.1, 0.15) is 36.2 Å². The molecule has 0 aliphatic carbocycles. The van der Waals surface area contributed by atoms with Crippen molar-refractivity contribution in [1.29, 1.82) is 0 Å². The Morgan fingerprint density at radius 3 is 2.32 bits per heavy atom. The van der Waals surface area contributed by atoms with Crippen molar-refractivity contribution in [2.45, 2.75) is 33.6 Å². The number of H-pyrrole nitrogens is 1. The smallest absolute Gasteiger partial charge is 0.294 e. The zero-order chi connectivity index (χ0) is 26.3. The molecule has 2 aromatic heterocycles. The van der Waals surface area contributed by atoms with Crippen molar-refractivity contribution in [2.24, 2.45) is 0 Å². The molecule has 37 heavy (non-hydrogen) atoms. The molecule has 0 spiro atoms. The Bertz CT molecular complexity index is 1630. The molecule has 3 heterocycles. The zero-order valence-corrected chi connectivity index (χ0v) is 20.8. The summed E-state index contributed by atoms with van der Waals surface area (Å²) in [6, 6.07) is 16.3. The molecule has 2 amide bonds. The number of nitrogens with one attached hydrogen (secondary N) is 1. The topological polar surface area (TPSA) is 79.1 Å². The number of anilines is 1. The highest BCUT2D eigenvalue weighted by molar-refractivity contribution is 6.53. The monoisotopic (exact) mass is 497 g/mol. The molecule has 0 radical (unpaired) electrons. The first-order chi connectivity index (χ1) is 17.8. The number of nitrogens with zero attached hydrogens (tertiary/aromatic N) is 3. The van der Waals surface area contributed by atoms with Gasteiger partial charge in [-0.15, -0.1) is 0 Å². The highest BCUT2D eigenvalue weighted by atomic mass is 19.1. The maximum Gasteiger partial charge on any atom is 0.331 e. The van der Waals surface area contributed by atoms with E-state index < -0.39 is 23.2 Å². The van der Waals surface area contributed by atoms with E-state index in [-0.39, 0.29) is 16.8 Å². The van der Waals surface area contributed by atoms with Gasteiger partial charge in [-0.25, -0.2) is 14.0 Å². The highest BCUT2D eigenvalue weighted by Crippen LogP contribution is 2.34. The highest BCUT2D eigenvalue weighted by Gasteiger charge is 2.48. The number of hydrogen-bond donors (Lipinski definition) is 1. The number of amides is 2. The van der Waals surface area contributed by atoms with E-state index in [1.807, 2.05) is 39.0 Å². The van der Waals surface area contributed by atoms with Crippen molar-refractivity contribution in [2.75, 3.05) is 4.90 Å². The average Bonchev–Trinajstić information content (AvgIpc) is 3.36. The number of halogens is 1. The standard InChI is InChI=1S/C29H25FN4O3/c1-4-19-9-7-15-32(17-19)26-25(27(35)33(29(26)37)22-10-6-8-18(3)16-22)24-23(5-2)31-34(28(24)36)21-13-11-20(30)12-14-21/h6-17H,4-5H2,1-3H3/p+1. The van der Waals surface area contributed by atoms with Gasteiger partial charge in [0.15, 0.2) is 12.4 Å². The number of carbonyl (C=O) groups excluding carboxylic acids is 2. The first kappa shape index (κ1) is 24.1. The summed E-state index contributed by atoms with van der Waals surface area (Å²) in [6.07, 6.45) is 4.64. The molecule has 8 heteroatoms. The average molecular weight is 498 g/mol. The molecule has 0 bridgehead atoms. The van der Waals surface area contributed by atoms with Gasteiger partial charge in [-0.1, -0.05) is 26.0 Å². The molecule has 2 aromatic carbocycles. The second-order valence-electron chi connectivity index (χ2n) is 8.92. The number of hydrogen-bond acceptors (Lipinski definition) is 3. The Kier molecular flexibility index (Phi) is 6.17. The Morgan fingerprint density at radius 1 is 0.892 bits per heavy atom. The number of aromatic amines is 1. The van der Waals surface area contributed by atoms with E-state index >= 15 is 0 Å². The number of rotatable bonds is 6. The van der Waals surface area contributed by atoms with Gasteiger partial charge in [-0.3, -0.25) is 19.5 Å². The molecule has 1 aliphatic rings. The minimum atomic E-state index is -0.572. The van der Waals surface area contributed by atoms with Crippen LogP contribution in [-0.2, 0) is 22.4 Å². The molecule has 0 atom stereocenters. The van der Waals surface area contributed by atoms with Gasteiger partial charge in [0.25, 0.3) is 17.2 Å². The van der Waals surface area contributed by atoms with Crippen LogP contribution in [0.15, 0.2) is 77.9 Å². The molecule has 4 aromatic rings. The van der Waals surface area contributed by atoms with Gasteiger partial charge < -0.3 is 0 Å². The number of pyridine rings is 1. The predicted molar refractivity (Wildman–Crippen MR) is 139 cm³/mol. The molecular weight excluding hydrogens is 471 g/mol. The van der Waals surface area contributed by atoms with Crippen LogP contribution < -0.4 is 15.0 Å². The number of benzene rings is 2. The summed E-state index contributed by atoms with van der Waals surface area (Å²) in [5, 5.41) is 3.06. The minimum Gasteiger partial charge on any atom is -0.294 e. The van der Waals surface area contributed by atoms with Crippen LogP contribution in [0.5, 0.6) is 0 Å². The Morgan fingerprint density at radius 2 is 1.65 bits per heavy atom. The van der Waals surface area contributed by atoms with Crippen LogP contribution >= 0.6 is 0 Å². The Balaban J connectivity index is 1.78. The normalized spacial score (nSPS) is 13.7. The van der Waals surface area contributed by atoms with E-state index in [9.17, 15) is 18.8 Å². The molecule has 0 saturated carbocycles. The lowest BCUT2D eigenvalue weighted by molar-refractivity contribution is -0.577. The van der Waals surface area contributed by atoms with E-state index in [1.54, 1.807) is 35.2 Å². The quantitative estimate of drug-likeness (QED) is 0.324. The summed E-state index contributed by atoms with van der Waals surface area (Å²) in [5.41, 5.74) is 2.99. The van der Waals surface area contributed by atoms with Crippen LogP contribution in [0, 0.1) is 12.7 Å². The fourth-order valence-electron chi connectivity index (χ4n) is 4.63. The second-order valence-corrected chi connectivity index (χ2v) is 8.92. The van der Waals surface area contributed by atoms with E-state index in [0.717, 1.165) is 22.4 Å². The van der Waals surface area contributed by atoms with Crippen molar-refractivity contribution >= 4 is 28.8 Å². The van der Waals surface area contributed by atoms with Crippen LogP contribution in [0.3, 0.4) is 0 Å². The van der Waals surface area contributed by atoms with Crippen molar-refractivity contribution in [3.63, 3.8) is 0 Å². The first-order valence-electron chi connectivity index (χ1n) is 12.1. The van der Waals surface area contributed by atoms with Crippen LogP contribution in [0.2, 0.25) is 0 Å². The second kappa shape index (κ2) is 9.46. The molecule has 0 saturated heterocycles. The van der Waals surface area contributed by atoms with Gasteiger partial charge in [0.05, 0.1) is 16.9 Å². The van der Waals surface area contributed by atoms with Crippen LogP contribution in [0.25, 0.3) is 17.0 Å². The fraction of sp³-hybridized carbons (Fsp3) is 0.172. The van der Waals surface area contributed by atoms with Crippen molar-refractivity contribution in [3.05, 3.63) is 112 Å². The van der Waals surface area contributed by atoms with Gasteiger partial charge in [0.2, 0.25) is 0 Å². The fourth-order valence-corrected chi connectivity index (χ4v) is 4.63. The number of carbonyl (C=O) groups is 2. The first-order valence-corrected chi connectivity index (χ1v) is 12.1. The van der Waals surface area contributed by atoms with Gasteiger partial charge in [-0.05, 0) is 67.8 Å². The lowest BCUT2D eigenvalue weighted by Gasteiger charge is -2.14. The summed E-state index contributed by atoms with van der Waals surface area (Å²) in [5.74, 6) is -1.52. The van der Waals surface area contributed by atoms with Crippen molar-refractivity contribution in [1.82, 2.24) is 9.78 Å². The third-order valence-corrected chi connectivity index (χ3v) is 6.50. The van der Waals surface area contributed by atoms with Gasteiger partial charge in [-0.2, -0.15) is 4.57 Å². The molecule has 0 fully saturated rings. The Labute approximate surface area is 213 Å². The SMILES string of the molecule is CCc1ccc[n+](C2=C(c3c(CC)[nH]n(-c4ccc(F)cc4)c3=O)C(=O)N(c3cccc(C)c3)C2=O)c1. The summed E-state index contributed by atoms with van der Waals surface area (Å²) in [6.45, 7) is 5.73. The molecule has 186 valence electrons. The third kappa shape index (κ3) is 4.10. The maximum atomic E-state index is 14.0. The molecule has 7 nitrogen and oxygen atoms in total. The maximum absolute atomic E-state index is 14.0. The number of aromatic nitrogens is 3. The van der Waals surface area contributed by atoms with Crippen LogP contribution in [-0.4, -0.2) is 21.6 Å². The summed E-state index contributed by atoms with van der Waals surface area (Å²) in [7, 11) is 0. The molecule has 1 aliphatic heterocycles. The number of imide groups is 1. The Hall–Kier alpha value is -4.59. The van der Waals surface area contributed by atoms with E-state index in [2.05, 4.69) is 5.10 Å². The van der Waals surface area contributed by atoms with Crippen molar-refractivity contribution in [3.8, 4) is 5.69 Å². The third-order valence-electron chi connectivity index (χ3n) is 6.50. The molecular formula is C29H26FN4O3+. The van der Waals surface area contributed by atoms with Gasteiger partial charge in [0, 0.05) is 17.3 Å². The summed E-state index contributed by atoms with van der Waals surface area (Å²) >= 11 is 0.